The fourth-order valence-corrected chi connectivity index (χ4v) is 3.99. The van der Waals surface area contributed by atoms with Crippen LogP contribution >= 0.6 is 11.3 Å². The first-order valence-corrected chi connectivity index (χ1v) is 11.3. The minimum atomic E-state index is -0.932. The Morgan fingerprint density at radius 2 is 1.85 bits per heavy atom. The van der Waals surface area contributed by atoms with E-state index in [9.17, 15) is 14.0 Å². The van der Waals surface area contributed by atoms with Crippen LogP contribution in [0.3, 0.4) is 0 Å². The number of hydrogen-bond donors (Lipinski definition) is 2. The molecule has 0 bridgehead atoms. The molecule has 2 amide bonds. The number of rotatable bonds is 6. The maximum absolute atomic E-state index is 13.3. The van der Waals surface area contributed by atoms with Gasteiger partial charge in [0.1, 0.15) is 27.5 Å². The third-order valence-electron chi connectivity index (χ3n) is 4.54. The van der Waals surface area contributed by atoms with Crippen LogP contribution in [0.25, 0.3) is 10.6 Å². The summed E-state index contributed by atoms with van der Waals surface area (Å²) in [5.41, 5.74) is 2.42. The van der Waals surface area contributed by atoms with Crippen LogP contribution in [0, 0.1) is 19.7 Å². The predicted molar refractivity (Wildman–Crippen MR) is 127 cm³/mol. The zero-order valence-electron chi connectivity index (χ0n) is 19.2. The van der Waals surface area contributed by atoms with Crippen LogP contribution in [-0.2, 0) is 16.0 Å². The summed E-state index contributed by atoms with van der Waals surface area (Å²) in [5, 5.41) is 6.84. The van der Waals surface area contributed by atoms with Gasteiger partial charge in [-0.3, -0.25) is 9.78 Å². The van der Waals surface area contributed by atoms with Gasteiger partial charge in [0.05, 0.1) is 5.69 Å². The average Bonchev–Trinajstić information content (AvgIpc) is 3.08. The second-order valence-corrected chi connectivity index (χ2v) is 9.64. The maximum Gasteiger partial charge on any atom is 0.408 e. The topological polar surface area (TPSA) is 93.2 Å². The SMILES string of the molecule is Cc1cc(-c2nc(C)c(NC(=O)[C@H](Cc3ccc(F)cc3)NC(=O)OC(C)(C)C)s2)ccn1. The summed E-state index contributed by atoms with van der Waals surface area (Å²) < 4.78 is 18.6. The first-order chi connectivity index (χ1) is 15.5. The molecule has 0 saturated carbocycles. The molecule has 0 aliphatic carbocycles. The lowest BCUT2D eigenvalue weighted by Crippen LogP contribution is -2.47. The molecule has 0 spiro atoms. The van der Waals surface area contributed by atoms with Crippen LogP contribution in [0.4, 0.5) is 14.2 Å². The molecule has 33 heavy (non-hydrogen) atoms. The Balaban J connectivity index is 1.80. The van der Waals surface area contributed by atoms with Crippen molar-refractivity contribution in [3.63, 3.8) is 0 Å². The number of pyridine rings is 1. The van der Waals surface area contributed by atoms with E-state index in [0.29, 0.717) is 16.3 Å². The number of carbonyl (C=O) groups is 2. The third kappa shape index (κ3) is 7.08. The summed E-state index contributed by atoms with van der Waals surface area (Å²) in [7, 11) is 0. The van der Waals surface area contributed by atoms with Crippen LogP contribution in [0.2, 0.25) is 0 Å². The van der Waals surface area contributed by atoms with E-state index in [-0.39, 0.29) is 12.2 Å². The maximum atomic E-state index is 13.3. The molecular weight excluding hydrogens is 443 g/mol. The van der Waals surface area contributed by atoms with Crippen molar-refractivity contribution in [3.05, 3.63) is 65.4 Å². The number of anilines is 1. The zero-order chi connectivity index (χ0) is 24.2. The monoisotopic (exact) mass is 470 g/mol. The van der Waals surface area contributed by atoms with Crippen molar-refractivity contribution in [3.8, 4) is 10.6 Å². The van der Waals surface area contributed by atoms with Crippen LogP contribution in [-0.4, -0.2) is 33.6 Å². The van der Waals surface area contributed by atoms with Gasteiger partial charge in [0.15, 0.2) is 0 Å². The highest BCUT2D eigenvalue weighted by molar-refractivity contribution is 7.19. The van der Waals surface area contributed by atoms with Crippen molar-refractivity contribution in [1.82, 2.24) is 15.3 Å². The van der Waals surface area contributed by atoms with Crippen LogP contribution in [0.5, 0.6) is 0 Å². The normalized spacial score (nSPS) is 12.2. The number of aryl methyl sites for hydroxylation is 2. The molecule has 7 nitrogen and oxygen atoms in total. The molecule has 174 valence electrons. The smallest absolute Gasteiger partial charge is 0.408 e. The number of carbonyl (C=O) groups excluding carboxylic acids is 2. The van der Waals surface area contributed by atoms with E-state index in [1.165, 1.54) is 23.5 Å². The van der Waals surface area contributed by atoms with Crippen LogP contribution in [0.15, 0.2) is 42.6 Å². The van der Waals surface area contributed by atoms with E-state index in [4.69, 9.17) is 4.74 Å². The number of thiazole rings is 1. The molecule has 9 heteroatoms. The standard InChI is InChI=1S/C24H27FN4O3S/c1-14-12-17(10-11-26-14)22-27-15(2)21(33-22)29-20(30)19(28-23(31)32-24(3,4)5)13-16-6-8-18(25)9-7-16/h6-12,19H,13H2,1-5H3,(H,28,31)(H,29,30)/t19-/m0/s1. The van der Waals surface area contributed by atoms with Gasteiger partial charge >= 0.3 is 6.09 Å². The molecule has 1 aromatic carbocycles. The fraction of sp³-hybridized carbons (Fsp3) is 0.333. The molecule has 2 N–H and O–H groups in total. The summed E-state index contributed by atoms with van der Waals surface area (Å²) in [6.45, 7) is 8.93. The lowest BCUT2D eigenvalue weighted by Gasteiger charge is -2.23. The molecule has 3 rings (SSSR count). The molecular formula is C24H27FN4O3S. The Bertz CT molecular complexity index is 1140. The summed E-state index contributed by atoms with van der Waals surface area (Å²) >= 11 is 1.34. The molecule has 0 aliphatic rings. The molecule has 0 saturated heterocycles. The number of ether oxygens (including phenoxy) is 1. The summed E-state index contributed by atoms with van der Waals surface area (Å²) in [4.78, 5) is 34.3. The molecule has 0 unspecified atom stereocenters. The van der Waals surface area contributed by atoms with Gasteiger partial charge in [-0.25, -0.2) is 14.2 Å². The first-order valence-electron chi connectivity index (χ1n) is 10.5. The molecule has 3 aromatic rings. The van der Waals surface area contributed by atoms with Gasteiger partial charge in [-0.15, -0.1) is 0 Å². The van der Waals surface area contributed by atoms with E-state index in [1.807, 2.05) is 19.1 Å². The van der Waals surface area contributed by atoms with Gasteiger partial charge in [0.2, 0.25) is 5.91 Å². The zero-order valence-corrected chi connectivity index (χ0v) is 20.0. The van der Waals surface area contributed by atoms with Gasteiger partial charge in [0.25, 0.3) is 0 Å². The van der Waals surface area contributed by atoms with E-state index >= 15 is 0 Å². The minimum Gasteiger partial charge on any atom is -0.444 e. The number of hydrogen-bond acceptors (Lipinski definition) is 6. The second kappa shape index (κ2) is 10.1. The Hall–Kier alpha value is -3.33. The average molecular weight is 471 g/mol. The Morgan fingerprint density at radius 3 is 2.48 bits per heavy atom. The lowest BCUT2D eigenvalue weighted by atomic mass is 10.1. The molecule has 0 aliphatic heterocycles. The number of benzene rings is 1. The summed E-state index contributed by atoms with van der Waals surface area (Å²) in [6.07, 6.45) is 1.17. The second-order valence-electron chi connectivity index (χ2n) is 8.64. The molecule has 2 aromatic heterocycles. The van der Waals surface area contributed by atoms with Crippen molar-refractivity contribution in [2.75, 3.05) is 5.32 Å². The van der Waals surface area contributed by atoms with E-state index in [2.05, 4.69) is 20.6 Å². The number of aromatic nitrogens is 2. The molecule has 1 atom stereocenters. The number of amides is 2. The lowest BCUT2D eigenvalue weighted by molar-refractivity contribution is -0.118. The van der Waals surface area contributed by atoms with Crippen molar-refractivity contribution in [1.29, 1.82) is 0 Å². The largest absolute Gasteiger partial charge is 0.444 e. The number of nitrogens with zero attached hydrogens (tertiary/aromatic N) is 2. The quantitative estimate of drug-likeness (QED) is 0.527. The molecule has 0 fully saturated rings. The predicted octanol–water partition coefficient (Wildman–Crippen LogP) is 5.04. The van der Waals surface area contributed by atoms with Crippen LogP contribution < -0.4 is 10.6 Å². The Labute approximate surface area is 196 Å². The van der Waals surface area contributed by atoms with Crippen molar-refractivity contribution in [2.24, 2.45) is 0 Å². The highest BCUT2D eigenvalue weighted by atomic mass is 32.1. The Morgan fingerprint density at radius 1 is 1.15 bits per heavy atom. The fourth-order valence-electron chi connectivity index (χ4n) is 3.03. The van der Waals surface area contributed by atoms with Crippen molar-refractivity contribution >= 4 is 28.3 Å². The van der Waals surface area contributed by atoms with E-state index in [1.54, 1.807) is 46.0 Å². The van der Waals surface area contributed by atoms with Crippen molar-refractivity contribution in [2.45, 2.75) is 52.7 Å². The summed E-state index contributed by atoms with van der Waals surface area (Å²) in [5.74, 6) is -0.798. The molecule has 2 heterocycles. The number of nitrogens with one attached hydrogen (secondary N) is 2. The Kier molecular flexibility index (Phi) is 7.43. The third-order valence-corrected chi connectivity index (χ3v) is 5.66. The van der Waals surface area contributed by atoms with Gasteiger partial charge in [0, 0.05) is 23.9 Å². The highest BCUT2D eigenvalue weighted by Crippen LogP contribution is 2.32. The number of alkyl carbamates (subject to hydrolysis) is 1. The van der Waals surface area contributed by atoms with Crippen LogP contribution in [0.1, 0.15) is 37.7 Å². The van der Waals surface area contributed by atoms with E-state index in [0.717, 1.165) is 16.3 Å². The summed E-state index contributed by atoms with van der Waals surface area (Å²) in [6, 6.07) is 8.63. The molecule has 0 radical (unpaired) electrons. The minimum absolute atomic E-state index is 0.166. The van der Waals surface area contributed by atoms with Gasteiger partial charge in [-0.05, 0) is 64.4 Å². The van der Waals surface area contributed by atoms with Gasteiger partial charge in [-0.1, -0.05) is 23.5 Å². The van der Waals surface area contributed by atoms with Gasteiger partial charge < -0.3 is 15.4 Å². The van der Waals surface area contributed by atoms with Gasteiger partial charge in [-0.2, -0.15) is 0 Å². The van der Waals surface area contributed by atoms with Crippen molar-refractivity contribution < 1.29 is 18.7 Å². The van der Waals surface area contributed by atoms with E-state index < -0.39 is 23.6 Å². The number of halogens is 1. The highest BCUT2D eigenvalue weighted by Gasteiger charge is 2.26. The first kappa shape index (κ1) is 24.3.